The lowest BCUT2D eigenvalue weighted by Crippen LogP contribution is -2.29. The summed E-state index contributed by atoms with van der Waals surface area (Å²) in [7, 11) is 1.56. The van der Waals surface area contributed by atoms with Gasteiger partial charge >= 0.3 is 6.03 Å². The van der Waals surface area contributed by atoms with Crippen molar-refractivity contribution in [2.24, 2.45) is 0 Å². The fourth-order valence-corrected chi connectivity index (χ4v) is 5.84. The van der Waals surface area contributed by atoms with Crippen LogP contribution in [0.2, 0.25) is 10.0 Å². The molecule has 5 aromatic rings. The second-order valence-electron chi connectivity index (χ2n) is 13.4. The topological polar surface area (TPSA) is 149 Å². The SMILES string of the molecule is COCCNC(=O)c1ccc(C)c(-n2c(C)cc(OCc3ccccc3CNC(=O)Nc3cc(C(C)(C)C)nn3-c3ccc(O)c(Cl)c3)c(Cl)c2=O)c1. The van der Waals surface area contributed by atoms with E-state index in [1.54, 1.807) is 61.2 Å². The molecule has 14 heteroatoms. The number of nitrogens with zero attached hydrogens (tertiary/aromatic N) is 3. The molecule has 3 aromatic carbocycles. The molecule has 3 amide bonds. The summed E-state index contributed by atoms with van der Waals surface area (Å²) in [6, 6.07) is 20.2. The molecule has 5 rings (SSSR count). The number of phenolic OH excluding ortho intramolecular Hbond substituents is 1. The summed E-state index contributed by atoms with van der Waals surface area (Å²) >= 11 is 12.8. The third-order valence-corrected chi connectivity index (χ3v) is 9.09. The Hall–Kier alpha value is -5.30. The van der Waals surface area contributed by atoms with Gasteiger partial charge in [-0.3, -0.25) is 19.5 Å². The van der Waals surface area contributed by atoms with Gasteiger partial charge in [-0.25, -0.2) is 9.48 Å². The van der Waals surface area contributed by atoms with Gasteiger partial charge in [-0.15, -0.1) is 0 Å². The minimum absolute atomic E-state index is 0.0621. The Balaban J connectivity index is 1.30. The molecule has 278 valence electrons. The van der Waals surface area contributed by atoms with Crippen LogP contribution in [0, 0.1) is 13.8 Å². The smallest absolute Gasteiger partial charge is 0.320 e. The first kappa shape index (κ1) is 38.9. The Morgan fingerprint density at radius 1 is 0.943 bits per heavy atom. The Morgan fingerprint density at radius 3 is 2.38 bits per heavy atom. The first-order valence-corrected chi connectivity index (χ1v) is 17.6. The number of hydrogen-bond acceptors (Lipinski definition) is 7. The van der Waals surface area contributed by atoms with Crippen LogP contribution in [0.1, 0.15) is 59.2 Å². The van der Waals surface area contributed by atoms with Gasteiger partial charge in [0.05, 0.1) is 28.7 Å². The summed E-state index contributed by atoms with van der Waals surface area (Å²) in [5.74, 6) is 0.270. The van der Waals surface area contributed by atoms with E-state index in [1.165, 1.54) is 10.6 Å². The maximum absolute atomic E-state index is 13.6. The second kappa shape index (κ2) is 16.6. The molecule has 0 aliphatic rings. The van der Waals surface area contributed by atoms with Crippen LogP contribution in [0.5, 0.6) is 11.5 Å². The second-order valence-corrected chi connectivity index (χ2v) is 14.2. The molecule has 0 fully saturated rings. The Labute approximate surface area is 317 Å². The van der Waals surface area contributed by atoms with Crippen LogP contribution in [-0.4, -0.2) is 51.7 Å². The first-order chi connectivity index (χ1) is 25.2. The number of urea groups is 1. The number of carbonyl (C=O) groups excluding carboxylic acids is 2. The number of aryl methyl sites for hydroxylation is 2. The maximum atomic E-state index is 13.6. The number of anilines is 1. The van der Waals surface area contributed by atoms with Crippen molar-refractivity contribution >= 4 is 41.0 Å². The average molecular weight is 762 g/mol. The van der Waals surface area contributed by atoms with Crippen molar-refractivity contribution in [2.45, 2.75) is 53.2 Å². The molecule has 2 aromatic heterocycles. The molecule has 4 N–H and O–H groups in total. The molecular formula is C39H42Cl2N6O6. The van der Waals surface area contributed by atoms with E-state index in [1.807, 2.05) is 52.0 Å². The van der Waals surface area contributed by atoms with Crippen molar-refractivity contribution in [3.63, 3.8) is 0 Å². The van der Waals surface area contributed by atoms with Crippen LogP contribution >= 0.6 is 23.2 Å². The van der Waals surface area contributed by atoms with E-state index in [4.69, 9.17) is 37.8 Å². The van der Waals surface area contributed by atoms with Gasteiger partial charge in [0.25, 0.3) is 11.5 Å². The average Bonchev–Trinajstić information content (AvgIpc) is 3.55. The molecule has 0 saturated carbocycles. The van der Waals surface area contributed by atoms with Crippen molar-refractivity contribution in [1.29, 1.82) is 0 Å². The summed E-state index contributed by atoms with van der Waals surface area (Å²) < 4.78 is 14.1. The zero-order valence-electron chi connectivity index (χ0n) is 30.3. The number of pyridine rings is 1. The number of ether oxygens (including phenoxy) is 2. The van der Waals surface area contributed by atoms with E-state index in [9.17, 15) is 19.5 Å². The number of methoxy groups -OCH3 is 1. The summed E-state index contributed by atoms with van der Waals surface area (Å²) in [5.41, 5.74) is 4.33. The van der Waals surface area contributed by atoms with Crippen LogP contribution in [0.4, 0.5) is 10.6 Å². The fourth-order valence-electron chi connectivity index (χ4n) is 5.47. The highest BCUT2D eigenvalue weighted by Crippen LogP contribution is 2.30. The van der Waals surface area contributed by atoms with Crippen LogP contribution < -0.4 is 26.2 Å². The van der Waals surface area contributed by atoms with Crippen LogP contribution in [0.3, 0.4) is 0 Å². The van der Waals surface area contributed by atoms with Crippen LogP contribution in [0.15, 0.2) is 77.6 Å². The number of nitrogens with one attached hydrogen (secondary N) is 3. The predicted octanol–water partition coefficient (Wildman–Crippen LogP) is 7.23. The van der Waals surface area contributed by atoms with Gasteiger partial charge in [0.1, 0.15) is 28.9 Å². The zero-order chi connectivity index (χ0) is 38.4. The highest BCUT2D eigenvalue weighted by atomic mass is 35.5. The van der Waals surface area contributed by atoms with Crippen molar-refractivity contribution in [3.05, 3.63) is 127 Å². The maximum Gasteiger partial charge on any atom is 0.320 e. The number of aromatic nitrogens is 3. The van der Waals surface area contributed by atoms with Crippen molar-refractivity contribution in [3.8, 4) is 22.9 Å². The molecule has 0 unspecified atom stereocenters. The quantitative estimate of drug-likeness (QED) is 0.0981. The molecule has 0 aliphatic carbocycles. The highest BCUT2D eigenvalue weighted by molar-refractivity contribution is 6.32. The minimum atomic E-state index is -0.489. The number of aromatic hydroxyl groups is 1. The zero-order valence-corrected chi connectivity index (χ0v) is 31.9. The number of benzene rings is 3. The highest BCUT2D eigenvalue weighted by Gasteiger charge is 2.22. The normalized spacial score (nSPS) is 11.3. The molecule has 0 radical (unpaired) electrons. The van der Waals surface area contributed by atoms with Crippen LogP contribution in [-0.2, 0) is 23.3 Å². The Bertz CT molecular complexity index is 2210. The predicted molar refractivity (Wildman–Crippen MR) is 206 cm³/mol. The Morgan fingerprint density at radius 2 is 1.68 bits per heavy atom. The van der Waals surface area contributed by atoms with E-state index in [-0.39, 0.29) is 46.0 Å². The summed E-state index contributed by atoms with van der Waals surface area (Å²) in [6.07, 6.45) is 0. The molecule has 0 aliphatic heterocycles. The number of phenols is 1. The summed E-state index contributed by atoms with van der Waals surface area (Å²) in [4.78, 5) is 39.5. The number of carbonyl (C=O) groups is 2. The van der Waals surface area contributed by atoms with Crippen molar-refractivity contribution in [1.82, 2.24) is 25.0 Å². The van der Waals surface area contributed by atoms with Gasteiger partial charge in [0.15, 0.2) is 0 Å². The van der Waals surface area contributed by atoms with Gasteiger partial charge in [0.2, 0.25) is 0 Å². The van der Waals surface area contributed by atoms with E-state index in [2.05, 4.69) is 16.0 Å². The number of amides is 3. The van der Waals surface area contributed by atoms with E-state index in [0.717, 1.165) is 22.4 Å². The standard InChI is InChI=1S/C39H42Cl2N6O6/c1-23-11-12-25(36(49)42-15-16-52-6)18-30(23)46-24(2)17-32(35(41)37(46)50)53-22-27-10-8-7-9-26(27)21-43-38(51)44-34-20-33(39(3,4)5)45-47(34)28-13-14-31(48)29(40)19-28/h7-14,17-20,48H,15-16,21-22H2,1-6H3,(H,42,49)(H2,43,44,51). The molecule has 53 heavy (non-hydrogen) atoms. The third-order valence-electron chi connectivity index (χ3n) is 8.44. The number of hydrogen-bond donors (Lipinski definition) is 4. The van der Waals surface area contributed by atoms with Gasteiger partial charge < -0.3 is 25.2 Å². The van der Waals surface area contributed by atoms with E-state index >= 15 is 0 Å². The van der Waals surface area contributed by atoms with Gasteiger partial charge in [-0.05, 0) is 60.9 Å². The fraction of sp³-hybridized carbons (Fsp3) is 0.282. The largest absolute Gasteiger partial charge is 0.506 e. The summed E-state index contributed by atoms with van der Waals surface area (Å²) in [6.45, 7) is 10.6. The lowest BCUT2D eigenvalue weighted by atomic mass is 9.92. The molecule has 0 bridgehead atoms. The molecule has 0 spiro atoms. The van der Waals surface area contributed by atoms with E-state index < -0.39 is 11.6 Å². The van der Waals surface area contributed by atoms with Crippen LogP contribution in [0.25, 0.3) is 11.4 Å². The summed E-state index contributed by atoms with van der Waals surface area (Å²) in [5, 5.41) is 23.2. The van der Waals surface area contributed by atoms with E-state index in [0.29, 0.717) is 41.6 Å². The molecule has 12 nitrogen and oxygen atoms in total. The molecular weight excluding hydrogens is 719 g/mol. The third kappa shape index (κ3) is 9.20. The lowest BCUT2D eigenvalue weighted by Gasteiger charge is -2.18. The Kier molecular flexibility index (Phi) is 12.2. The minimum Gasteiger partial charge on any atom is -0.506 e. The molecule has 2 heterocycles. The van der Waals surface area contributed by atoms with Crippen molar-refractivity contribution < 1.29 is 24.2 Å². The molecule has 0 saturated heterocycles. The van der Waals surface area contributed by atoms with Gasteiger partial charge in [-0.2, -0.15) is 5.10 Å². The molecule has 0 atom stereocenters. The van der Waals surface area contributed by atoms with Crippen molar-refractivity contribution in [2.75, 3.05) is 25.6 Å². The lowest BCUT2D eigenvalue weighted by molar-refractivity contribution is 0.0937. The first-order valence-electron chi connectivity index (χ1n) is 16.8. The monoisotopic (exact) mass is 760 g/mol. The number of halogens is 2. The van der Waals surface area contributed by atoms with Gasteiger partial charge in [-0.1, -0.05) is 74.3 Å². The number of rotatable bonds is 12. The van der Waals surface area contributed by atoms with Gasteiger partial charge in [0, 0.05) is 49.0 Å².